The fourth-order valence-electron chi connectivity index (χ4n) is 2.40. The Morgan fingerprint density at radius 2 is 2.26 bits per heavy atom. The van der Waals surface area contributed by atoms with Crippen LogP contribution in [-0.4, -0.2) is 55.7 Å². The molecule has 0 radical (unpaired) electrons. The Morgan fingerprint density at radius 3 is 2.84 bits per heavy atom. The molecule has 0 bridgehead atoms. The third-order valence-corrected chi connectivity index (χ3v) is 4.80. The maximum atomic E-state index is 11.4. The van der Waals surface area contributed by atoms with Gasteiger partial charge >= 0.3 is 5.97 Å². The molecular weight excluding hydrogens is 262 g/mol. The van der Waals surface area contributed by atoms with Gasteiger partial charge in [-0.05, 0) is 19.4 Å². The number of aromatic nitrogens is 1. The van der Waals surface area contributed by atoms with E-state index in [0.717, 1.165) is 37.6 Å². The minimum absolute atomic E-state index is 0.307. The maximum Gasteiger partial charge on any atom is 0.349 e. The molecule has 1 aromatic heterocycles. The second kappa shape index (κ2) is 6.34. The van der Waals surface area contributed by atoms with Crippen LogP contribution in [0.4, 0.5) is 5.13 Å². The second-order valence-electron chi connectivity index (χ2n) is 4.78. The average Bonchev–Trinajstić information content (AvgIpc) is 2.95. The van der Waals surface area contributed by atoms with Crippen molar-refractivity contribution in [2.24, 2.45) is 0 Å². The van der Waals surface area contributed by atoms with Crippen molar-refractivity contribution in [1.29, 1.82) is 0 Å². The molecule has 106 valence electrons. The van der Waals surface area contributed by atoms with Crippen molar-refractivity contribution in [2.45, 2.75) is 25.8 Å². The molecule has 6 heteroatoms. The van der Waals surface area contributed by atoms with Gasteiger partial charge in [-0.1, -0.05) is 18.3 Å². The zero-order valence-electron chi connectivity index (χ0n) is 11.8. The highest BCUT2D eigenvalue weighted by atomic mass is 32.1. The molecule has 5 nitrogen and oxygen atoms in total. The third kappa shape index (κ3) is 3.25. The molecule has 1 saturated heterocycles. The van der Waals surface area contributed by atoms with Crippen LogP contribution < -0.4 is 4.90 Å². The second-order valence-corrected chi connectivity index (χ2v) is 5.78. The summed E-state index contributed by atoms with van der Waals surface area (Å²) in [4.78, 5) is 21.0. The molecule has 0 unspecified atom stereocenters. The quantitative estimate of drug-likeness (QED) is 0.789. The van der Waals surface area contributed by atoms with Gasteiger partial charge in [-0.25, -0.2) is 9.78 Å². The summed E-state index contributed by atoms with van der Waals surface area (Å²) in [6.45, 7) is 5.61. The summed E-state index contributed by atoms with van der Waals surface area (Å²) in [5.41, 5.74) is 0. The Kier molecular flexibility index (Phi) is 4.76. The predicted octanol–water partition coefficient (Wildman–Crippen LogP) is 1.85. The summed E-state index contributed by atoms with van der Waals surface area (Å²) in [5, 5.41) is 0.898. The van der Waals surface area contributed by atoms with Crippen LogP contribution >= 0.6 is 11.3 Å². The lowest BCUT2D eigenvalue weighted by molar-refractivity contribution is 0.0606. The Hall–Kier alpha value is -1.14. The monoisotopic (exact) mass is 283 g/mol. The van der Waals surface area contributed by atoms with Gasteiger partial charge in [0.05, 0.1) is 13.3 Å². The number of ether oxygens (including phenoxy) is 1. The van der Waals surface area contributed by atoms with Gasteiger partial charge in [-0.3, -0.25) is 0 Å². The Morgan fingerprint density at radius 1 is 1.58 bits per heavy atom. The number of hydrogen-bond acceptors (Lipinski definition) is 6. The van der Waals surface area contributed by atoms with E-state index in [-0.39, 0.29) is 5.97 Å². The Balaban J connectivity index is 1.98. The largest absolute Gasteiger partial charge is 0.465 e. The van der Waals surface area contributed by atoms with E-state index in [9.17, 15) is 4.79 Å². The number of carbonyl (C=O) groups excluding carboxylic acids is 1. The zero-order chi connectivity index (χ0) is 13.8. The van der Waals surface area contributed by atoms with Crippen LogP contribution in [-0.2, 0) is 4.74 Å². The molecule has 19 heavy (non-hydrogen) atoms. The van der Waals surface area contributed by atoms with E-state index in [0.29, 0.717) is 10.9 Å². The maximum absolute atomic E-state index is 11.4. The highest BCUT2D eigenvalue weighted by Crippen LogP contribution is 2.26. The average molecular weight is 283 g/mol. The fraction of sp³-hybridized carbons (Fsp3) is 0.692. The van der Waals surface area contributed by atoms with Crippen molar-refractivity contribution in [2.75, 3.05) is 38.7 Å². The van der Waals surface area contributed by atoms with Crippen LogP contribution in [0.3, 0.4) is 0 Å². The first-order chi connectivity index (χ1) is 9.15. The van der Waals surface area contributed by atoms with Crippen molar-refractivity contribution in [3.05, 3.63) is 11.1 Å². The molecule has 0 N–H and O–H groups in total. The minimum Gasteiger partial charge on any atom is -0.465 e. The number of carbonyl (C=O) groups is 1. The molecule has 2 heterocycles. The van der Waals surface area contributed by atoms with Crippen LogP contribution in [0, 0.1) is 0 Å². The summed E-state index contributed by atoms with van der Waals surface area (Å²) < 4.78 is 4.71. The summed E-state index contributed by atoms with van der Waals surface area (Å²) >= 11 is 1.40. The van der Waals surface area contributed by atoms with E-state index in [4.69, 9.17) is 4.74 Å². The number of thiazole rings is 1. The van der Waals surface area contributed by atoms with Gasteiger partial charge in [0.25, 0.3) is 0 Å². The molecule has 1 fully saturated rings. The van der Waals surface area contributed by atoms with Crippen molar-refractivity contribution < 1.29 is 9.53 Å². The molecule has 2 rings (SSSR count). The minimum atomic E-state index is -0.307. The van der Waals surface area contributed by atoms with Gasteiger partial charge in [-0.2, -0.15) is 0 Å². The van der Waals surface area contributed by atoms with E-state index in [1.54, 1.807) is 6.20 Å². The van der Waals surface area contributed by atoms with Gasteiger partial charge in [0, 0.05) is 26.2 Å². The Bertz CT molecular complexity index is 427. The van der Waals surface area contributed by atoms with E-state index in [1.807, 2.05) is 0 Å². The number of likely N-dealkylation sites (tertiary alicyclic amines) is 1. The lowest BCUT2D eigenvalue weighted by atomic mass is 10.0. The number of rotatable bonds is 4. The van der Waals surface area contributed by atoms with E-state index in [2.05, 4.69) is 28.8 Å². The lowest BCUT2D eigenvalue weighted by Crippen LogP contribution is -2.43. The summed E-state index contributed by atoms with van der Waals surface area (Å²) in [6.07, 6.45) is 3.90. The molecular formula is C13H21N3O2S. The molecule has 0 aromatic carbocycles. The third-order valence-electron chi connectivity index (χ3n) is 3.73. The predicted molar refractivity (Wildman–Crippen MR) is 77.0 cm³/mol. The number of hydrogen-bond donors (Lipinski definition) is 0. The molecule has 1 aliphatic heterocycles. The first-order valence-electron chi connectivity index (χ1n) is 6.65. The number of methoxy groups -OCH3 is 1. The summed E-state index contributed by atoms with van der Waals surface area (Å²) in [6, 6.07) is 0.513. The van der Waals surface area contributed by atoms with Crippen LogP contribution in [0.5, 0.6) is 0 Å². The normalized spacial score (nSPS) is 17.4. The fourth-order valence-corrected chi connectivity index (χ4v) is 3.27. The topological polar surface area (TPSA) is 45.7 Å². The zero-order valence-corrected chi connectivity index (χ0v) is 12.6. The van der Waals surface area contributed by atoms with Gasteiger partial charge in [0.2, 0.25) is 0 Å². The highest BCUT2D eigenvalue weighted by Gasteiger charge is 2.24. The van der Waals surface area contributed by atoms with Crippen LogP contribution in [0.2, 0.25) is 0 Å². The van der Waals surface area contributed by atoms with Gasteiger partial charge in [0.15, 0.2) is 5.13 Å². The molecule has 1 aliphatic rings. The number of anilines is 1. The van der Waals surface area contributed by atoms with Gasteiger partial charge in [0.1, 0.15) is 4.88 Å². The molecule has 0 atom stereocenters. The number of nitrogens with zero attached hydrogens (tertiary/aromatic N) is 3. The number of esters is 1. The first-order valence-corrected chi connectivity index (χ1v) is 7.46. The standard InChI is InChI=1S/C13H21N3O2S/c1-4-16-7-5-10(6-8-16)15(2)13-14-9-11(19-13)12(17)18-3/h9-10H,4-8H2,1-3H3. The number of piperidine rings is 1. The summed E-state index contributed by atoms with van der Waals surface area (Å²) in [7, 11) is 3.46. The van der Waals surface area contributed by atoms with Crippen LogP contribution in [0.1, 0.15) is 29.4 Å². The molecule has 0 spiro atoms. The van der Waals surface area contributed by atoms with Crippen molar-refractivity contribution in [1.82, 2.24) is 9.88 Å². The SMILES string of the molecule is CCN1CCC(N(C)c2ncc(C(=O)OC)s2)CC1. The van der Waals surface area contributed by atoms with Crippen molar-refractivity contribution in [3.63, 3.8) is 0 Å². The molecule has 0 amide bonds. The van der Waals surface area contributed by atoms with Crippen molar-refractivity contribution >= 4 is 22.4 Å². The smallest absolute Gasteiger partial charge is 0.349 e. The van der Waals surface area contributed by atoms with Crippen LogP contribution in [0.15, 0.2) is 6.20 Å². The highest BCUT2D eigenvalue weighted by molar-refractivity contribution is 7.17. The van der Waals surface area contributed by atoms with Crippen molar-refractivity contribution in [3.8, 4) is 0 Å². The molecule has 0 aliphatic carbocycles. The first kappa shape index (κ1) is 14.3. The van der Waals surface area contributed by atoms with Crippen LogP contribution in [0.25, 0.3) is 0 Å². The van der Waals surface area contributed by atoms with E-state index < -0.39 is 0 Å². The molecule has 0 saturated carbocycles. The summed E-state index contributed by atoms with van der Waals surface area (Å²) in [5.74, 6) is -0.307. The van der Waals surface area contributed by atoms with Gasteiger partial charge in [-0.15, -0.1) is 0 Å². The Labute approximate surface area is 118 Å². The van der Waals surface area contributed by atoms with Gasteiger partial charge < -0.3 is 14.5 Å². The van der Waals surface area contributed by atoms with E-state index in [1.165, 1.54) is 18.4 Å². The molecule has 1 aromatic rings. The lowest BCUT2D eigenvalue weighted by Gasteiger charge is -2.36. The van der Waals surface area contributed by atoms with E-state index >= 15 is 0 Å².